The third-order valence-corrected chi connectivity index (χ3v) is 7.17. The van der Waals surface area contributed by atoms with Crippen LogP contribution in [-0.4, -0.2) is 62.1 Å². The zero-order valence-electron chi connectivity index (χ0n) is 16.2. The standard InChI is InChI=1S/C18H29FN4O2S2/c1-4-20-18(22-15(3)16-6-5-14(2)17(19)13-16)21-7-12-27(24,25)23-8-10-26-11-9-23/h5-6,13,15H,4,7-12H2,1-3H3,(H2,20,21,22). The molecule has 1 aromatic carbocycles. The number of rotatable bonds is 7. The summed E-state index contributed by atoms with van der Waals surface area (Å²) in [6, 6.07) is 4.97. The maximum Gasteiger partial charge on any atom is 0.215 e. The Kier molecular flexibility index (Phi) is 8.37. The van der Waals surface area contributed by atoms with Crippen molar-refractivity contribution in [1.29, 1.82) is 0 Å². The molecular weight excluding hydrogens is 387 g/mol. The third kappa shape index (κ3) is 6.65. The van der Waals surface area contributed by atoms with E-state index in [-0.39, 0.29) is 24.2 Å². The zero-order chi connectivity index (χ0) is 19.9. The molecule has 0 spiro atoms. The van der Waals surface area contributed by atoms with Crippen LogP contribution in [0.25, 0.3) is 0 Å². The van der Waals surface area contributed by atoms with E-state index in [1.165, 1.54) is 6.07 Å². The highest BCUT2D eigenvalue weighted by molar-refractivity contribution is 7.99. The molecule has 1 aliphatic rings. The lowest BCUT2D eigenvalue weighted by molar-refractivity contribution is 0.444. The van der Waals surface area contributed by atoms with Gasteiger partial charge in [0.15, 0.2) is 5.96 Å². The first-order valence-electron chi connectivity index (χ1n) is 9.20. The summed E-state index contributed by atoms with van der Waals surface area (Å²) < 4.78 is 40.1. The summed E-state index contributed by atoms with van der Waals surface area (Å²) in [6.07, 6.45) is 0. The molecule has 6 nitrogen and oxygen atoms in total. The van der Waals surface area contributed by atoms with Crippen LogP contribution in [0.4, 0.5) is 4.39 Å². The monoisotopic (exact) mass is 416 g/mol. The van der Waals surface area contributed by atoms with Crippen LogP contribution in [0, 0.1) is 12.7 Å². The Morgan fingerprint density at radius 3 is 2.70 bits per heavy atom. The summed E-state index contributed by atoms with van der Waals surface area (Å²) in [4.78, 5) is 4.39. The van der Waals surface area contributed by atoms with E-state index in [1.54, 1.807) is 29.1 Å². The quantitative estimate of drug-likeness (QED) is 0.526. The van der Waals surface area contributed by atoms with E-state index < -0.39 is 10.0 Å². The first-order valence-corrected chi connectivity index (χ1v) is 12.0. The second-order valence-corrected chi connectivity index (χ2v) is 9.78. The lowest BCUT2D eigenvalue weighted by Gasteiger charge is -2.25. The van der Waals surface area contributed by atoms with Crippen molar-refractivity contribution in [1.82, 2.24) is 14.9 Å². The van der Waals surface area contributed by atoms with Crippen LogP contribution >= 0.6 is 11.8 Å². The number of hydrogen-bond donors (Lipinski definition) is 2. The number of thioether (sulfide) groups is 1. The number of sulfonamides is 1. The van der Waals surface area contributed by atoms with E-state index in [2.05, 4.69) is 15.6 Å². The van der Waals surface area contributed by atoms with Gasteiger partial charge in [-0.1, -0.05) is 12.1 Å². The minimum Gasteiger partial charge on any atom is -0.357 e. The Balaban J connectivity index is 1.97. The minimum atomic E-state index is -3.28. The molecule has 27 heavy (non-hydrogen) atoms. The van der Waals surface area contributed by atoms with Crippen molar-refractivity contribution in [3.8, 4) is 0 Å². The van der Waals surface area contributed by atoms with Crippen LogP contribution in [-0.2, 0) is 10.0 Å². The molecule has 0 bridgehead atoms. The number of benzene rings is 1. The summed E-state index contributed by atoms with van der Waals surface area (Å²) in [7, 11) is -3.28. The predicted molar refractivity (Wildman–Crippen MR) is 111 cm³/mol. The van der Waals surface area contributed by atoms with Crippen molar-refractivity contribution in [2.75, 3.05) is 43.4 Å². The van der Waals surface area contributed by atoms with Gasteiger partial charge in [0.1, 0.15) is 5.82 Å². The Bertz CT molecular complexity index is 750. The van der Waals surface area contributed by atoms with Gasteiger partial charge in [-0.05, 0) is 38.0 Å². The van der Waals surface area contributed by atoms with Gasteiger partial charge in [-0.25, -0.2) is 17.1 Å². The average Bonchev–Trinajstić information content (AvgIpc) is 2.64. The van der Waals surface area contributed by atoms with Gasteiger partial charge in [0, 0.05) is 31.1 Å². The predicted octanol–water partition coefficient (Wildman–Crippen LogP) is 2.13. The highest BCUT2D eigenvalue weighted by Gasteiger charge is 2.23. The van der Waals surface area contributed by atoms with Gasteiger partial charge in [0.05, 0.1) is 18.3 Å². The van der Waals surface area contributed by atoms with E-state index in [4.69, 9.17) is 0 Å². The summed E-state index contributed by atoms with van der Waals surface area (Å²) in [5, 5.41) is 6.32. The van der Waals surface area contributed by atoms with Crippen molar-refractivity contribution in [3.05, 3.63) is 35.1 Å². The van der Waals surface area contributed by atoms with Crippen LogP contribution in [0.1, 0.15) is 31.0 Å². The maximum absolute atomic E-state index is 13.8. The average molecular weight is 417 g/mol. The van der Waals surface area contributed by atoms with Gasteiger partial charge < -0.3 is 10.6 Å². The van der Waals surface area contributed by atoms with Crippen LogP contribution < -0.4 is 10.6 Å². The Morgan fingerprint density at radius 1 is 1.37 bits per heavy atom. The number of aryl methyl sites for hydroxylation is 1. The number of guanidine groups is 1. The normalized spacial score (nSPS) is 17.6. The largest absolute Gasteiger partial charge is 0.357 e. The SMILES string of the molecule is CCNC(=NCCS(=O)(=O)N1CCSCC1)NC(C)c1ccc(C)c(F)c1. The van der Waals surface area contributed by atoms with Crippen molar-refractivity contribution in [3.63, 3.8) is 0 Å². The first kappa shape index (κ1) is 22.0. The summed E-state index contributed by atoms with van der Waals surface area (Å²) >= 11 is 1.78. The molecule has 2 rings (SSSR count). The van der Waals surface area contributed by atoms with E-state index in [0.717, 1.165) is 17.1 Å². The molecule has 2 N–H and O–H groups in total. The van der Waals surface area contributed by atoms with Gasteiger partial charge in [0.25, 0.3) is 0 Å². The van der Waals surface area contributed by atoms with Gasteiger partial charge in [0.2, 0.25) is 10.0 Å². The van der Waals surface area contributed by atoms with Crippen LogP contribution in [0.3, 0.4) is 0 Å². The van der Waals surface area contributed by atoms with Gasteiger partial charge in [-0.2, -0.15) is 11.8 Å². The minimum absolute atomic E-state index is 0.0121. The molecule has 0 radical (unpaired) electrons. The van der Waals surface area contributed by atoms with E-state index in [0.29, 0.717) is 31.2 Å². The third-order valence-electron chi connectivity index (χ3n) is 4.38. The summed E-state index contributed by atoms with van der Waals surface area (Å²) in [5.74, 6) is 1.96. The lowest BCUT2D eigenvalue weighted by Crippen LogP contribution is -2.41. The molecule has 0 amide bonds. The van der Waals surface area contributed by atoms with Crippen molar-refractivity contribution < 1.29 is 12.8 Å². The number of nitrogens with zero attached hydrogens (tertiary/aromatic N) is 2. The van der Waals surface area contributed by atoms with E-state index in [9.17, 15) is 12.8 Å². The molecule has 1 atom stereocenters. The molecular formula is C18H29FN4O2S2. The molecule has 1 fully saturated rings. The van der Waals surface area contributed by atoms with Gasteiger partial charge >= 0.3 is 0 Å². The Labute approximate surface area is 166 Å². The number of hydrogen-bond acceptors (Lipinski definition) is 4. The molecule has 0 aromatic heterocycles. The smallest absolute Gasteiger partial charge is 0.215 e. The zero-order valence-corrected chi connectivity index (χ0v) is 17.8. The molecule has 9 heteroatoms. The van der Waals surface area contributed by atoms with Crippen molar-refractivity contribution in [2.45, 2.75) is 26.8 Å². The lowest BCUT2D eigenvalue weighted by atomic mass is 10.1. The molecule has 1 unspecified atom stereocenters. The second-order valence-electron chi connectivity index (χ2n) is 6.46. The van der Waals surface area contributed by atoms with Crippen molar-refractivity contribution >= 4 is 27.7 Å². The fourth-order valence-electron chi connectivity index (χ4n) is 2.71. The number of aliphatic imine (C=N–C) groups is 1. The van der Waals surface area contributed by atoms with Crippen LogP contribution in [0.5, 0.6) is 0 Å². The molecule has 1 aromatic rings. The van der Waals surface area contributed by atoms with Crippen molar-refractivity contribution in [2.24, 2.45) is 4.99 Å². The molecule has 1 aliphatic heterocycles. The molecule has 1 saturated heterocycles. The summed E-state index contributed by atoms with van der Waals surface area (Å²) in [5.41, 5.74) is 1.41. The van der Waals surface area contributed by atoms with Gasteiger partial charge in [-0.3, -0.25) is 4.99 Å². The molecule has 0 saturated carbocycles. The number of halogens is 1. The van der Waals surface area contributed by atoms with E-state index in [1.807, 2.05) is 19.9 Å². The van der Waals surface area contributed by atoms with Crippen LogP contribution in [0.15, 0.2) is 23.2 Å². The Hall–Kier alpha value is -1.32. The molecule has 1 heterocycles. The Morgan fingerprint density at radius 2 is 2.07 bits per heavy atom. The van der Waals surface area contributed by atoms with Gasteiger partial charge in [-0.15, -0.1) is 0 Å². The van der Waals surface area contributed by atoms with E-state index >= 15 is 0 Å². The topological polar surface area (TPSA) is 73.8 Å². The maximum atomic E-state index is 13.8. The molecule has 0 aliphatic carbocycles. The second kappa shape index (κ2) is 10.3. The number of nitrogens with one attached hydrogen (secondary N) is 2. The highest BCUT2D eigenvalue weighted by Crippen LogP contribution is 2.16. The fraction of sp³-hybridized carbons (Fsp3) is 0.611. The first-order chi connectivity index (χ1) is 12.8. The fourth-order valence-corrected chi connectivity index (χ4v) is 5.17. The molecule has 152 valence electrons. The van der Waals surface area contributed by atoms with Crippen LogP contribution in [0.2, 0.25) is 0 Å². The summed E-state index contributed by atoms with van der Waals surface area (Å²) in [6.45, 7) is 7.56. The highest BCUT2D eigenvalue weighted by atomic mass is 32.2.